The number of aromatic hydroxyl groups is 1. The van der Waals surface area contributed by atoms with Crippen LogP contribution in [0.15, 0.2) is 30.3 Å². The summed E-state index contributed by atoms with van der Waals surface area (Å²) in [4.78, 5) is 8.06. The SMILES string of the molecule is COc1ccc(CNc2nc3nc(CF)cc(O)n3n2)cc1. The zero-order valence-corrected chi connectivity index (χ0v) is 11.8. The summed E-state index contributed by atoms with van der Waals surface area (Å²) in [5.41, 5.74) is 1.13. The van der Waals surface area contributed by atoms with Crippen molar-refractivity contribution in [2.75, 3.05) is 12.4 Å². The molecule has 0 saturated heterocycles. The lowest BCUT2D eigenvalue weighted by atomic mass is 10.2. The Kier molecular flexibility index (Phi) is 3.73. The van der Waals surface area contributed by atoms with E-state index in [0.717, 1.165) is 15.8 Å². The van der Waals surface area contributed by atoms with Crippen LogP contribution in [0.4, 0.5) is 10.3 Å². The Balaban J connectivity index is 1.77. The summed E-state index contributed by atoms with van der Waals surface area (Å²) in [5.74, 6) is 1.02. The van der Waals surface area contributed by atoms with Crippen LogP contribution in [0.5, 0.6) is 11.6 Å². The van der Waals surface area contributed by atoms with Gasteiger partial charge in [0.05, 0.1) is 12.8 Å². The molecule has 8 heteroatoms. The van der Waals surface area contributed by atoms with Crippen LogP contribution in [0.2, 0.25) is 0 Å². The summed E-state index contributed by atoms with van der Waals surface area (Å²) in [5, 5.41) is 16.8. The number of fused-ring (bicyclic) bond motifs is 1. The molecule has 0 saturated carbocycles. The van der Waals surface area contributed by atoms with Crippen LogP contribution in [0.1, 0.15) is 11.3 Å². The number of alkyl halides is 1. The van der Waals surface area contributed by atoms with Gasteiger partial charge in [-0.15, -0.1) is 5.10 Å². The number of hydrogen-bond acceptors (Lipinski definition) is 6. The van der Waals surface area contributed by atoms with Gasteiger partial charge in [-0.3, -0.25) is 0 Å². The largest absolute Gasteiger partial charge is 0.497 e. The normalized spacial score (nSPS) is 10.8. The minimum atomic E-state index is -0.772. The Morgan fingerprint density at radius 1 is 1.27 bits per heavy atom. The van der Waals surface area contributed by atoms with E-state index < -0.39 is 6.67 Å². The van der Waals surface area contributed by atoms with E-state index in [0.29, 0.717) is 12.5 Å². The zero-order chi connectivity index (χ0) is 15.5. The maximum Gasteiger partial charge on any atom is 0.257 e. The molecule has 0 radical (unpaired) electrons. The Labute approximate surface area is 125 Å². The Morgan fingerprint density at radius 2 is 2.05 bits per heavy atom. The first-order valence-corrected chi connectivity index (χ1v) is 6.58. The lowest BCUT2D eigenvalue weighted by Crippen LogP contribution is -2.01. The van der Waals surface area contributed by atoms with Gasteiger partial charge in [0.25, 0.3) is 5.78 Å². The first kappa shape index (κ1) is 14.1. The quantitative estimate of drug-likeness (QED) is 0.749. The van der Waals surface area contributed by atoms with E-state index in [9.17, 15) is 9.50 Å². The number of methoxy groups -OCH3 is 1. The van der Waals surface area contributed by atoms with Gasteiger partial charge < -0.3 is 15.2 Å². The number of halogens is 1. The van der Waals surface area contributed by atoms with Gasteiger partial charge in [0.1, 0.15) is 12.4 Å². The molecule has 0 fully saturated rings. The summed E-state index contributed by atoms with van der Waals surface area (Å²) in [7, 11) is 1.61. The van der Waals surface area contributed by atoms with Gasteiger partial charge in [-0.2, -0.15) is 9.50 Å². The van der Waals surface area contributed by atoms with E-state index in [-0.39, 0.29) is 17.4 Å². The highest BCUT2D eigenvalue weighted by Crippen LogP contribution is 2.16. The molecule has 1 aromatic carbocycles. The van der Waals surface area contributed by atoms with E-state index >= 15 is 0 Å². The molecule has 3 aromatic rings. The fraction of sp³-hybridized carbons (Fsp3) is 0.214. The molecule has 2 aromatic heterocycles. The summed E-state index contributed by atoms with van der Waals surface area (Å²) in [6, 6.07) is 8.76. The Hall–Kier alpha value is -2.90. The van der Waals surface area contributed by atoms with Gasteiger partial charge in [0.15, 0.2) is 0 Å². The third-order valence-corrected chi connectivity index (χ3v) is 3.09. The maximum absolute atomic E-state index is 12.6. The molecule has 0 unspecified atom stereocenters. The molecular weight excluding hydrogens is 289 g/mol. The van der Waals surface area contributed by atoms with Crippen molar-refractivity contribution < 1.29 is 14.2 Å². The second-order valence-electron chi connectivity index (χ2n) is 4.59. The molecular formula is C14H14FN5O2. The molecule has 2 N–H and O–H groups in total. The van der Waals surface area contributed by atoms with E-state index in [1.807, 2.05) is 24.3 Å². The van der Waals surface area contributed by atoms with Crippen molar-refractivity contribution in [2.45, 2.75) is 13.2 Å². The van der Waals surface area contributed by atoms with Crippen molar-refractivity contribution >= 4 is 11.7 Å². The third-order valence-electron chi connectivity index (χ3n) is 3.09. The molecule has 114 valence electrons. The van der Waals surface area contributed by atoms with Crippen molar-refractivity contribution in [2.24, 2.45) is 0 Å². The van der Waals surface area contributed by atoms with Crippen LogP contribution < -0.4 is 10.1 Å². The summed E-state index contributed by atoms with van der Waals surface area (Å²) in [6.45, 7) is -0.275. The molecule has 0 aliphatic heterocycles. The smallest absolute Gasteiger partial charge is 0.257 e. The lowest BCUT2D eigenvalue weighted by molar-refractivity contribution is 0.414. The predicted octanol–water partition coefficient (Wildman–Crippen LogP) is 1.92. The van der Waals surface area contributed by atoms with Crippen LogP contribution in [0, 0.1) is 0 Å². The monoisotopic (exact) mass is 303 g/mol. The molecule has 0 aliphatic carbocycles. The number of aromatic nitrogens is 4. The second-order valence-corrected chi connectivity index (χ2v) is 4.59. The van der Waals surface area contributed by atoms with Crippen molar-refractivity contribution in [1.29, 1.82) is 0 Å². The summed E-state index contributed by atoms with van der Waals surface area (Å²) in [6.07, 6.45) is 0. The number of nitrogens with one attached hydrogen (secondary N) is 1. The average molecular weight is 303 g/mol. The third kappa shape index (κ3) is 2.76. The van der Waals surface area contributed by atoms with E-state index in [2.05, 4.69) is 20.4 Å². The van der Waals surface area contributed by atoms with Crippen LogP contribution in [-0.2, 0) is 13.2 Å². The number of rotatable bonds is 5. The highest BCUT2D eigenvalue weighted by molar-refractivity contribution is 5.41. The molecule has 2 heterocycles. The van der Waals surface area contributed by atoms with Crippen LogP contribution in [0.3, 0.4) is 0 Å². The highest BCUT2D eigenvalue weighted by atomic mass is 19.1. The predicted molar refractivity (Wildman–Crippen MR) is 77.6 cm³/mol. The summed E-state index contributed by atoms with van der Waals surface area (Å²) >= 11 is 0. The standard InChI is InChI=1S/C14H14FN5O2/c1-22-11-4-2-9(3-5-11)8-16-13-18-14-17-10(7-15)6-12(21)20(14)19-13/h2-6,21H,7-8H2,1H3,(H,16,19). The number of anilines is 1. The van der Waals surface area contributed by atoms with Crippen LogP contribution in [0.25, 0.3) is 5.78 Å². The van der Waals surface area contributed by atoms with Gasteiger partial charge in [-0.25, -0.2) is 9.37 Å². The van der Waals surface area contributed by atoms with Crippen molar-refractivity contribution in [3.05, 3.63) is 41.6 Å². The minimum absolute atomic E-state index is 0.110. The fourth-order valence-electron chi connectivity index (χ4n) is 1.97. The molecule has 0 bridgehead atoms. The van der Waals surface area contributed by atoms with Gasteiger partial charge in [-0.1, -0.05) is 12.1 Å². The maximum atomic E-state index is 12.6. The minimum Gasteiger partial charge on any atom is -0.497 e. The van der Waals surface area contributed by atoms with Gasteiger partial charge in [0, 0.05) is 12.6 Å². The zero-order valence-electron chi connectivity index (χ0n) is 11.8. The lowest BCUT2D eigenvalue weighted by Gasteiger charge is -2.03. The Bertz CT molecular complexity index is 788. The first-order valence-electron chi connectivity index (χ1n) is 6.58. The number of nitrogens with zero attached hydrogens (tertiary/aromatic N) is 4. The van der Waals surface area contributed by atoms with Crippen molar-refractivity contribution in [1.82, 2.24) is 19.6 Å². The van der Waals surface area contributed by atoms with Crippen molar-refractivity contribution in [3.8, 4) is 11.6 Å². The van der Waals surface area contributed by atoms with Gasteiger partial charge >= 0.3 is 0 Å². The second kappa shape index (κ2) is 5.84. The molecule has 0 aliphatic rings. The average Bonchev–Trinajstić information content (AvgIpc) is 2.97. The van der Waals surface area contributed by atoms with Gasteiger partial charge in [0.2, 0.25) is 11.8 Å². The highest BCUT2D eigenvalue weighted by Gasteiger charge is 2.10. The van der Waals surface area contributed by atoms with E-state index in [1.165, 1.54) is 6.07 Å². The number of ether oxygens (including phenoxy) is 1. The van der Waals surface area contributed by atoms with E-state index in [1.54, 1.807) is 7.11 Å². The first-order chi connectivity index (χ1) is 10.7. The molecule has 7 nitrogen and oxygen atoms in total. The number of benzene rings is 1. The van der Waals surface area contributed by atoms with Crippen LogP contribution in [-0.4, -0.2) is 31.8 Å². The molecule has 22 heavy (non-hydrogen) atoms. The molecule has 0 spiro atoms. The van der Waals surface area contributed by atoms with Crippen molar-refractivity contribution in [3.63, 3.8) is 0 Å². The Morgan fingerprint density at radius 3 is 2.73 bits per heavy atom. The molecule has 0 atom stereocenters. The fourth-order valence-corrected chi connectivity index (χ4v) is 1.97. The van der Waals surface area contributed by atoms with Crippen LogP contribution >= 0.6 is 0 Å². The molecule has 0 amide bonds. The topological polar surface area (TPSA) is 84.6 Å². The summed E-state index contributed by atoms with van der Waals surface area (Å²) < 4.78 is 18.9. The van der Waals surface area contributed by atoms with Gasteiger partial charge in [-0.05, 0) is 17.7 Å². The number of hydrogen-bond donors (Lipinski definition) is 2. The molecule has 3 rings (SSSR count). The van der Waals surface area contributed by atoms with E-state index in [4.69, 9.17) is 4.74 Å².